The molecule has 1 saturated heterocycles. The summed E-state index contributed by atoms with van der Waals surface area (Å²) in [7, 11) is 1.23. The average molecular weight is 387 g/mol. The molecule has 5 amide bonds. The highest BCUT2D eigenvalue weighted by Crippen LogP contribution is 2.25. The van der Waals surface area contributed by atoms with Gasteiger partial charge >= 0.3 is 23.8 Å². The van der Waals surface area contributed by atoms with Crippen molar-refractivity contribution in [1.29, 1.82) is 0 Å². The molecule has 1 fully saturated rings. The summed E-state index contributed by atoms with van der Waals surface area (Å²) in [5.41, 5.74) is 1.80. The van der Waals surface area contributed by atoms with E-state index in [0.717, 1.165) is 16.0 Å². The summed E-state index contributed by atoms with van der Waals surface area (Å²) in [6.07, 6.45) is 0.271. The Morgan fingerprint density at radius 2 is 1.75 bits per heavy atom. The first-order chi connectivity index (χ1) is 13.3. The number of rotatable bonds is 4. The number of hydrogen-bond acceptors (Lipinski definition) is 6. The largest absolute Gasteiger partial charge is 0.467 e. The van der Waals surface area contributed by atoms with Gasteiger partial charge in [-0.1, -0.05) is 24.3 Å². The lowest BCUT2D eigenvalue weighted by Gasteiger charge is -2.35. The number of benzene rings is 1. The number of carbonyl (C=O) groups excluding carboxylic acids is 5. The average Bonchev–Trinajstić information content (AvgIpc) is 2.89. The Bertz CT molecular complexity index is 865. The standard InChI is InChI=1S/C19H21N3O6/c1-11(2)22-17(25)16(24)21(19(22)27)10-15(23)20-9-13-7-5-4-6-12(13)8-14(20)18(26)28-3/h4-7,11,14H,8-10H2,1-3H3/t14-/m0/s1. The van der Waals surface area contributed by atoms with Crippen LogP contribution in [0.15, 0.2) is 24.3 Å². The topological polar surface area (TPSA) is 104 Å². The van der Waals surface area contributed by atoms with Crippen LogP contribution in [0.3, 0.4) is 0 Å². The minimum absolute atomic E-state index is 0.146. The summed E-state index contributed by atoms with van der Waals surface area (Å²) >= 11 is 0. The zero-order valence-electron chi connectivity index (χ0n) is 15.9. The van der Waals surface area contributed by atoms with Gasteiger partial charge in [-0.25, -0.2) is 14.5 Å². The summed E-state index contributed by atoms with van der Waals surface area (Å²) in [4.78, 5) is 64.5. The molecule has 1 aromatic rings. The number of esters is 1. The Labute approximate surface area is 161 Å². The van der Waals surface area contributed by atoms with Gasteiger partial charge in [0, 0.05) is 19.0 Å². The van der Waals surface area contributed by atoms with Crippen molar-refractivity contribution in [2.75, 3.05) is 13.7 Å². The van der Waals surface area contributed by atoms with Gasteiger partial charge in [-0.2, -0.15) is 0 Å². The van der Waals surface area contributed by atoms with Crippen LogP contribution in [-0.4, -0.2) is 70.2 Å². The number of hydrogen-bond donors (Lipinski definition) is 0. The van der Waals surface area contributed by atoms with Crippen LogP contribution in [0.1, 0.15) is 25.0 Å². The second kappa shape index (κ2) is 7.41. The minimum atomic E-state index is -1.04. The maximum absolute atomic E-state index is 12.9. The Hall–Kier alpha value is -3.23. The molecular weight excluding hydrogens is 366 g/mol. The number of imide groups is 2. The molecule has 9 nitrogen and oxygen atoms in total. The monoisotopic (exact) mass is 387 g/mol. The lowest BCUT2D eigenvalue weighted by molar-refractivity contribution is -0.154. The highest BCUT2D eigenvalue weighted by atomic mass is 16.5. The predicted molar refractivity (Wildman–Crippen MR) is 95.6 cm³/mol. The molecule has 0 N–H and O–H groups in total. The van der Waals surface area contributed by atoms with Crippen molar-refractivity contribution < 1.29 is 28.7 Å². The first-order valence-electron chi connectivity index (χ1n) is 8.89. The van der Waals surface area contributed by atoms with Crippen molar-refractivity contribution in [3.8, 4) is 0 Å². The van der Waals surface area contributed by atoms with Gasteiger partial charge in [0.1, 0.15) is 12.6 Å². The van der Waals surface area contributed by atoms with E-state index in [-0.39, 0.29) is 13.0 Å². The summed E-state index contributed by atoms with van der Waals surface area (Å²) in [6.45, 7) is 2.74. The van der Waals surface area contributed by atoms with Gasteiger partial charge in [-0.15, -0.1) is 0 Å². The number of ether oxygens (including phenoxy) is 1. The number of carbonyl (C=O) groups is 5. The van der Waals surface area contributed by atoms with Crippen LogP contribution in [-0.2, 0) is 36.9 Å². The van der Waals surface area contributed by atoms with E-state index in [1.807, 2.05) is 24.3 Å². The van der Waals surface area contributed by atoms with E-state index in [1.54, 1.807) is 13.8 Å². The smallest absolute Gasteiger partial charge is 0.334 e. The van der Waals surface area contributed by atoms with Crippen molar-refractivity contribution in [2.45, 2.75) is 38.9 Å². The van der Waals surface area contributed by atoms with Crippen molar-refractivity contribution in [3.05, 3.63) is 35.4 Å². The molecule has 28 heavy (non-hydrogen) atoms. The van der Waals surface area contributed by atoms with Crippen LogP contribution in [0, 0.1) is 0 Å². The normalized spacial score (nSPS) is 19.4. The van der Waals surface area contributed by atoms with Crippen molar-refractivity contribution in [1.82, 2.24) is 14.7 Å². The third-order valence-corrected chi connectivity index (χ3v) is 4.94. The molecule has 2 heterocycles. The molecule has 1 aromatic carbocycles. The molecule has 3 rings (SSSR count). The Kier molecular flexibility index (Phi) is 5.17. The second-order valence-electron chi connectivity index (χ2n) is 6.98. The Morgan fingerprint density at radius 1 is 1.11 bits per heavy atom. The van der Waals surface area contributed by atoms with Gasteiger partial charge < -0.3 is 9.64 Å². The Morgan fingerprint density at radius 3 is 2.32 bits per heavy atom. The number of methoxy groups -OCH3 is 1. The highest BCUT2D eigenvalue weighted by molar-refractivity contribution is 6.45. The third kappa shape index (κ3) is 3.23. The molecule has 2 aliphatic rings. The third-order valence-electron chi connectivity index (χ3n) is 4.94. The highest BCUT2D eigenvalue weighted by Gasteiger charge is 2.47. The molecule has 1 atom stereocenters. The molecule has 2 aliphatic heterocycles. The van der Waals surface area contributed by atoms with E-state index in [1.165, 1.54) is 12.0 Å². The van der Waals surface area contributed by atoms with Gasteiger partial charge in [0.15, 0.2) is 0 Å². The van der Waals surface area contributed by atoms with Gasteiger partial charge in [-0.3, -0.25) is 19.3 Å². The molecule has 0 saturated carbocycles. The second-order valence-corrected chi connectivity index (χ2v) is 6.98. The first-order valence-corrected chi connectivity index (χ1v) is 8.89. The van der Waals surface area contributed by atoms with Crippen molar-refractivity contribution in [2.24, 2.45) is 0 Å². The molecular formula is C19H21N3O6. The number of amides is 5. The van der Waals surface area contributed by atoms with Crippen LogP contribution in [0.4, 0.5) is 4.79 Å². The molecule has 0 unspecified atom stereocenters. The summed E-state index contributed by atoms with van der Waals surface area (Å²) in [6, 6.07) is 5.19. The molecule has 0 aliphatic carbocycles. The van der Waals surface area contributed by atoms with E-state index < -0.39 is 48.4 Å². The fraction of sp³-hybridized carbons (Fsp3) is 0.421. The van der Waals surface area contributed by atoms with Gasteiger partial charge in [0.05, 0.1) is 7.11 Å². The summed E-state index contributed by atoms with van der Waals surface area (Å²) in [5.74, 6) is -3.19. The number of nitrogens with zero attached hydrogens (tertiary/aromatic N) is 3. The van der Waals surface area contributed by atoms with Crippen molar-refractivity contribution >= 4 is 29.7 Å². The summed E-state index contributed by atoms with van der Waals surface area (Å²) < 4.78 is 4.82. The fourth-order valence-corrected chi connectivity index (χ4v) is 3.47. The van der Waals surface area contributed by atoms with Crippen molar-refractivity contribution in [3.63, 3.8) is 0 Å². The van der Waals surface area contributed by atoms with Crippen LogP contribution >= 0.6 is 0 Å². The molecule has 0 spiro atoms. The Balaban J connectivity index is 1.84. The van der Waals surface area contributed by atoms with E-state index in [0.29, 0.717) is 4.90 Å². The quantitative estimate of drug-likeness (QED) is 0.418. The molecule has 0 bridgehead atoms. The SMILES string of the molecule is COC(=O)[C@@H]1Cc2ccccc2CN1C(=O)CN1C(=O)C(=O)N(C(C)C)C1=O. The van der Waals surface area contributed by atoms with E-state index >= 15 is 0 Å². The van der Waals surface area contributed by atoms with E-state index in [9.17, 15) is 24.0 Å². The van der Waals surface area contributed by atoms with Crippen LogP contribution in [0.5, 0.6) is 0 Å². The summed E-state index contributed by atoms with van der Waals surface area (Å²) in [5, 5.41) is 0. The van der Waals surface area contributed by atoms with Crippen LogP contribution in [0.25, 0.3) is 0 Å². The molecule has 0 radical (unpaired) electrons. The first kappa shape index (κ1) is 19.5. The molecule has 148 valence electrons. The maximum Gasteiger partial charge on any atom is 0.334 e. The lowest BCUT2D eigenvalue weighted by atomic mass is 9.94. The van der Waals surface area contributed by atoms with E-state index in [4.69, 9.17) is 4.74 Å². The lowest BCUT2D eigenvalue weighted by Crippen LogP contribution is -2.52. The predicted octanol–water partition coefficient (Wildman–Crippen LogP) is 0.312. The number of fused-ring (bicyclic) bond motifs is 1. The van der Waals surface area contributed by atoms with Gasteiger partial charge in [0.25, 0.3) is 0 Å². The van der Waals surface area contributed by atoms with E-state index in [2.05, 4.69) is 0 Å². The maximum atomic E-state index is 12.9. The van der Waals surface area contributed by atoms with Gasteiger partial charge in [-0.05, 0) is 25.0 Å². The minimum Gasteiger partial charge on any atom is -0.467 e. The number of urea groups is 1. The van der Waals surface area contributed by atoms with Gasteiger partial charge in [0.2, 0.25) is 5.91 Å². The molecule has 9 heteroatoms. The zero-order valence-corrected chi connectivity index (χ0v) is 15.9. The van der Waals surface area contributed by atoms with Crippen LogP contribution < -0.4 is 0 Å². The molecule has 0 aromatic heterocycles. The van der Waals surface area contributed by atoms with Crippen LogP contribution in [0.2, 0.25) is 0 Å². The zero-order chi connectivity index (χ0) is 20.6. The fourth-order valence-electron chi connectivity index (χ4n) is 3.47.